The van der Waals surface area contributed by atoms with Crippen molar-refractivity contribution < 1.29 is 9.84 Å². The Kier molecular flexibility index (Phi) is 4.12. The van der Waals surface area contributed by atoms with Gasteiger partial charge in [0.2, 0.25) is 0 Å². The van der Waals surface area contributed by atoms with E-state index in [1.54, 1.807) is 11.7 Å². The first-order valence-corrected chi connectivity index (χ1v) is 6.52. The lowest BCUT2D eigenvalue weighted by Crippen LogP contribution is -2.02. The maximum absolute atomic E-state index is 10.5. The van der Waals surface area contributed by atoms with Gasteiger partial charge in [0.15, 0.2) is 0 Å². The molecule has 0 amide bonds. The number of aryl methyl sites for hydroxylation is 2. The Labute approximate surface area is 117 Å². The Morgan fingerprint density at radius 3 is 2.79 bits per heavy atom. The Morgan fingerprint density at radius 1 is 1.47 bits per heavy atom. The summed E-state index contributed by atoms with van der Waals surface area (Å²) in [6, 6.07) is 7.37. The van der Waals surface area contributed by atoms with Gasteiger partial charge in [0.05, 0.1) is 12.3 Å². The summed E-state index contributed by atoms with van der Waals surface area (Å²) < 4.78 is 6.99. The van der Waals surface area contributed by atoms with Crippen LogP contribution < -0.4 is 4.74 Å². The zero-order chi connectivity index (χ0) is 14.0. The lowest BCUT2D eigenvalue weighted by molar-refractivity contribution is 0.218. The van der Waals surface area contributed by atoms with E-state index in [2.05, 4.69) is 5.10 Å². The number of benzene rings is 1. The van der Waals surface area contributed by atoms with Crippen LogP contribution in [-0.2, 0) is 7.05 Å². The number of hydrogen-bond donors (Lipinski definition) is 1. The Morgan fingerprint density at radius 2 is 2.21 bits per heavy atom. The van der Waals surface area contributed by atoms with Gasteiger partial charge in [-0.2, -0.15) is 5.10 Å². The van der Waals surface area contributed by atoms with E-state index in [0.717, 1.165) is 17.0 Å². The van der Waals surface area contributed by atoms with Crippen molar-refractivity contribution in [1.82, 2.24) is 9.78 Å². The Hall–Kier alpha value is -1.52. The summed E-state index contributed by atoms with van der Waals surface area (Å²) in [6.45, 7) is 4.34. The normalized spacial score (nSPS) is 12.5. The Balaban J connectivity index is 2.38. The summed E-state index contributed by atoms with van der Waals surface area (Å²) in [5.41, 5.74) is 2.10. The van der Waals surface area contributed by atoms with Gasteiger partial charge in [-0.05, 0) is 31.5 Å². The van der Waals surface area contributed by atoms with Gasteiger partial charge >= 0.3 is 0 Å². The van der Waals surface area contributed by atoms with E-state index in [0.29, 0.717) is 17.3 Å². The largest absolute Gasteiger partial charge is 0.494 e. The summed E-state index contributed by atoms with van der Waals surface area (Å²) >= 11 is 6.17. The summed E-state index contributed by atoms with van der Waals surface area (Å²) in [5.74, 6) is 0.733. The zero-order valence-corrected chi connectivity index (χ0v) is 12.0. The lowest BCUT2D eigenvalue weighted by atomic mass is 10.0. The highest BCUT2D eigenvalue weighted by molar-refractivity contribution is 6.30. The molecule has 4 nitrogen and oxygen atoms in total. The summed E-state index contributed by atoms with van der Waals surface area (Å²) in [5, 5.41) is 15.1. The standard InChI is InChI=1S/C14H17ClN2O2/c1-4-19-11-7-5-6-10(8-11)13(18)12-9(2)16-17(3)14(12)15/h5-8,13,18H,4H2,1-3H3. The average Bonchev–Trinajstić information content (AvgIpc) is 2.63. The van der Waals surface area contributed by atoms with E-state index < -0.39 is 6.10 Å². The number of nitrogens with zero attached hydrogens (tertiary/aromatic N) is 2. The molecule has 1 N–H and O–H groups in total. The molecule has 0 saturated carbocycles. The molecule has 0 aliphatic carbocycles. The van der Waals surface area contributed by atoms with Crippen LogP contribution in [0.4, 0.5) is 0 Å². The van der Waals surface area contributed by atoms with Crippen molar-refractivity contribution in [2.45, 2.75) is 20.0 Å². The molecule has 5 heteroatoms. The number of rotatable bonds is 4. The number of halogens is 1. The lowest BCUT2D eigenvalue weighted by Gasteiger charge is -2.12. The second-order valence-corrected chi connectivity index (χ2v) is 4.68. The molecule has 2 rings (SSSR count). The summed E-state index contributed by atoms with van der Waals surface area (Å²) in [4.78, 5) is 0. The smallest absolute Gasteiger partial charge is 0.133 e. The van der Waals surface area contributed by atoms with Gasteiger partial charge in [-0.1, -0.05) is 23.7 Å². The first-order valence-electron chi connectivity index (χ1n) is 6.14. The molecule has 19 heavy (non-hydrogen) atoms. The molecule has 1 heterocycles. The van der Waals surface area contributed by atoms with Gasteiger partial charge in [0.25, 0.3) is 0 Å². The monoisotopic (exact) mass is 280 g/mol. The maximum atomic E-state index is 10.5. The van der Waals surface area contributed by atoms with E-state index in [4.69, 9.17) is 16.3 Å². The molecule has 0 saturated heterocycles. The topological polar surface area (TPSA) is 47.3 Å². The molecule has 2 aromatic rings. The fourth-order valence-electron chi connectivity index (χ4n) is 2.06. The van der Waals surface area contributed by atoms with Crippen molar-refractivity contribution in [3.63, 3.8) is 0 Å². The maximum Gasteiger partial charge on any atom is 0.133 e. The third-order valence-corrected chi connectivity index (χ3v) is 3.40. The molecule has 1 unspecified atom stereocenters. The molecule has 0 aliphatic heterocycles. The molecule has 102 valence electrons. The Bertz CT molecular complexity index is 581. The molecule has 0 bridgehead atoms. The fourth-order valence-corrected chi connectivity index (χ4v) is 2.34. The van der Waals surface area contributed by atoms with Gasteiger partial charge in [-0.15, -0.1) is 0 Å². The molecule has 1 atom stereocenters. The van der Waals surface area contributed by atoms with Crippen LogP contribution in [0.25, 0.3) is 0 Å². The number of aliphatic hydroxyl groups is 1. The van der Waals surface area contributed by atoms with Crippen LogP contribution in [0, 0.1) is 6.92 Å². The third-order valence-electron chi connectivity index (χ3n) is 2.95. The second-order valence-electron chi connectivity index (χ2n) is 4.32. The molecule has 1 aromatic carbocycles. The van der Waals surface area contributed by atoms with Gasteiger partial charge in [-0.3, -0.25) is 4.68 Å². The van der Waals surface area contributed by atoms with Crippen LogP contribution in [-0.4, -0.2) is 21.5 Å². The highest BCUT2D eigenvalue weighted by Gasteiger charge is 2.21. The van der Waals surface area contributed by atoms with Crippen molar-refractivity contribution in [2.24, 2.45) is 7.05 Å². The summed E-state index contributed by atoms with van der Waals surface area (Å²) in [6.07, 6.45) is -0.804. The van der Waals surface area contributed by atoms with Gasteiger partial charge < -0.3 is 9.84 Å². The first kappa shape index (κ1) is 13.9. The van der Waals surface area contributed by atoms with Crippen molar-refractivity contribution in [3.05, 3.63) is 46.2 Å². The van der Waals surface area contributed by atoms with E-state index in [1.807, 2.05) is 38.1 Å². The minimum Gasteiger partial charge on any atom is -0.494 e. The predicted molar refractivity (Wildman–Crippen MR) is 74.6 cm³/mol. The minimum atomic E-state index is -0.804. The molecule has 0 fully saturated rings. The second kappa shape index (κ2) is 5.63. The van der Waals surface area contributed by atoms with Crippen LogP contribution in [0.5, 0.6) is 5.75 Å². The van der Waals surface area contributed by atoms with Crippen LogP contribution in [0.1, 0.15) is 29.8 Å². The van der Waals surface area contributed by atoms with Crippen LogP contribution in [0.15, 0.2) is 24.3 Å². The average molecular weight is 281 g/mol. The quantitative estimate of drug-likeness (QED) is 0.937. The number of aromatic nitrogens is 2. The number of aliphatic hydroxyl groups excluding tert-OH is 1. The van der Waals surface area contributed by atoms with E-state index in [1.165, 1.54) is 0 Å². The fraction of sp³-hybridized carbons (Fsp3) is 0.357. The van der Waals surface area contributed by atoms with Gasteiger partial charge in [0.1, 0.15) is 17.0 Å². The number of hydrogen-bond acceptors (Lipinski definition) is 3. The highest BCUT2D eigenvalue weighted by atomic mass is 35.5. The summed E-state index contributed by atoms with van der Waals surface area (Å²) in [7, 11) is 1.75. The molecule has 1 aromatic heterocycles. The van der Waals surface area contributed by atoms with Crippen molar-refractivity contribution >= 4 is 11.6 Å². The van der Waals surface area contributed by atoms with Crippen molar-refractivity contribution in [3.8, 4) is 5.75 Å². The van der Waals surface area contributed by atoms with Gasteiger partial charge in [-0.25, -0.2) is 0 Å². The SMILES string of the molecule is CCOc1cccc(C(O)c2c(C)nn(C)c2Cl)c1. The van der Waals surface area contributed by atoms with Crippen LogP contribution >= 0.6 is 11.6 Å². The molecular weight excluding hydrogens is 264 g/mol. The molecular formula is C14H17ClN2O2. The van der Waals surface area contributed by atoms with E-state index in [-0.39, 0.29) is 0 Å². The minimum absolute atomic E-state index is 0.451. The van der Waals surface area contributed by atoms with E-state index in [9.17, 15) is 5.11 Å². The third kappa shape index (κ3) is 2.74. The molecule has 0 spiro atoms. The molecule has 0 radical (unpaired) electrons. The van der Waals surface area contributed by atoms with Crippen molar-refractivity contribution in [2.75, 3.05) is 6.61 Å². The van der Waals surface area contributed by atoms with Gasteiger partial charge in [0, 0.05) is 12.6 Å². The van der Waals surface area contributed by atoms with Crippen LogP contribution in [0.2, 0.25) is 5.15 Å². The predicted octanol–water partition coefficient (Wildman–Crippen LogP) is 2.86. The molecule has 0 aliphatic rings. The first-order chi connectivity index (χ1) is 9.04. The van der Waals surface area contributed by atoms with E-state index >= 15 is 0 Å². The van der Waals surface area contributed by atoms with Crippen molar-refractivity contribution in [1.29, 1.82) is 0 Å². The zero-order valence-electron chi connectivity index (χ0n) is 11.2. The highest BCUT2D eigenvalue weighted by Crippen LogP contribution is 2.31. The van der Waals surface area contributed by atoms with Crippen LogP contribution in [0.3, 0.4) is 0 Å². The number of ether oxygens (including phenoxy) is 1.